The van der Waals surface area contributed by atoms with Crippen LogP contribution in [0, 0.1) is 6.92 Å². The zero-order valence-corrected chi connectivity index (χ0v) is 9.72. The molecule has 0 radical (unpaired) electrons. The van der Waals surface area contributed by atoms with Crippen LogP contribution in [0.2, 0.25) is 5.02 Å². The molecule has 15 heavy (non-hydrogen) atoms. The van der Waals surface area contributed by atoms with Gasteiger partial charge in [-0.05, 0) is 37.0 Å². The topological polar surface area (TPSA) is 38.0 Å². The summed E-state index contributed by atoms with van der Waals surface area (Å²) in [6.45, 7) is 5.72. The molecule has 0 fully saturated rings. The van der Waals surface area contributed by atoms with Gasteiger partial charge in [0.15, 0.2) is 0 Å². The smallest absolute Gasteiger partial charge is 0.0466 e. The highest BCUT2D eigenvalue weighted by Crippen LogP contribution is 2.26. The highest BCUT2D eigenvalue weighted by atomic mass is 35.5. The van der Waals surface area contributed by atoms with Gasteiger partial charge in [0.1, 0.15) is 0 Å². The summed E-state index contributed by atoms with van der Waals surface area (Å²) in [4.78, 5) is 0. The quantitative estimate of drug-likeness (QED) is 0.458. The normalized spacial score (nSPS) is 12.5. The van der Waals surface area contributed by atoms with E-state index in [9.17, 15) is 0 Å². The van der Waals surface area contributed by atoms with Gasteiger partial charge in [-0.1, -0.05) is 29.8 Å². The van der Waals surface area contributed by atoms with Crippen LogP contribution in [0.25, 0.3) is 0 Å². The summed E-state index contributed by atoms with van der Waals surface area (Å²) in [6, 6.07) is 6.03. The molecule has 82 valence electrons. The van der Waals surface area contributed by atoms with Crippen molar-refractivity contribution in [1.29, 1.82) is 0 Å². The highest BCUT2D eigenvalue weighted by Gasteiger charge is 2.12. The number of hydrogen-bond donors (Lipinski definition) is 2. The molecule has 0 heterocycles. The first-order chi connectivity index (χ1) is 7.20. The van der Waals surface area contributed by atoms with Crippen LogP contribution in [-0.4, -0.2) is 0 Å². The Kier molecular flexibility index (Phi) is 4.82. The predicted octanol–water partition coefficient (Wildman–Crippen LogP) is 3.12. The maximum absolute atomic E-state index is 6.06. The third-order valence-electron chi connectivity index (χ3n) is 2.55. The molecule has 0 aromatic heterocycles. The van der Waals surface area contributed by atoms with Crippen molar-refractivity contribution in [3.05, 3.63) is 47.0 Å². The molecular weight excluding hydrogens is 208 g/mol. The Morgan fingerprint density at radius 2 is 2.33 bits per heavy atom. The Labute approximate surface area is 96.1 Å². The van der Waals surface area contributed by atoms with Gasteiger partial charge >= 0.3 is 0 Å². The van der Waals surface area contributed by atoms with E-state index < -0.39 is 0 Å². The lowest BCUT2D eigenvalue weighted by Crippen LogP contribution is -2.28. The summed E-state index contributed by atoms with van der Waals surface area (Å²) in [6.07, 6.45) is 3.76. The molecule has 0 aliphatic carbocycles. The Balaban J connectivity index is 2.90. The van der Waals surface area contributed by atoms with E-state index in [1.165, 1.54) is 0 Å². The van der Waals surface area contributed by atoms with Gasteiger partial charge in [-0.2, -0.15) is 0 Å². The van der Waals surface area contributed by atoms with Crippen LogP contribution in [0.3, 0.4) is 0 Å². The first-order valence-electron chi connectivity index (χ1n) is 5.02. The van der Waals surface area contributed by atoms with Crippen molar-refractivity contribution in [3.8, 4) is 0 Å². The second kappa shape index (κ2) is 5.91. The van der Waals surface area contributed by atoms with Gasteiger partial charge in [-0.25, -0.2) is 0 Å². The molecule has 3 N–H and O–H groups in total. The number of halogens is 1. The second-order valence-electron chi connectivity index (χ2n) is 3.54. The van der Waals surface area contributed by atoms with E-state index in [1.807, 2.05) is 25.1 Å². The lowest BCUT2D eigenvalue weighted by atomic mass is 9.98. The Morgan fingerprint density at radius 1 is 1.60 bits per heavy atom. The van der Waals surface area contributed by atoms with Gasteiger partial charge in [0.25, 0.3) is 0 Å². The first-order valence-corrected chi connectivity index (χ1v) is 5.40. The molecule has 2 nitrogen and oxygen atoms in total. The van der Waals surface area contributed by atoms with Crippen molar-refractivity contribution in [2.75, 3.05) is 0 Å². The van der Waals surface area contributed by atoms with Crippen molar-refractivity contribution >= 4 is 11.6 Å². The highest BCUT2D eigenvalue weighted by molar-refractivity contribution is 6.31. The molecule has 3 heteroatoms. The maximum atomic E-state index is 6.06. The number of allylic oxidation sites excluding steroid dienone is 1. The van der Waals surface area contributed by atoms with Gasteiger partial charge in [0, 0.05) is 11.1 Å². The largest absolute Gasteiger partial charge is 0.271 e. The minimum absolute atomic E-state index is 0.140. The van der Waals surface area contributed by atoms with E-state index in [2.05, 4.69) is 18.1 Å². The summed E-state index contributed by atoms with van der Waals surface area (Å²) in [7, 11) is 0. The van der Waals surface area contributed by atoms with E-state index in [4.69, 9.17) is 17.4 Å². The van der Waals surface area contributed by atoms with Crippen LogP contribution >= 0.6 is 11.6 Å². The van der Waals surface area contributed by atoms with Crippen LogP contribution in [-0.2, 0) is 0 Å². The summed E-state index contributed by atoms with van der Waals surface area (Å²) in [5, 5.41) is 0.784. The Bertz CT molecular complexity index is 336. The van der Waals surface area contributed by atoms with Crippen molar-refractivity contribution in [1.82, 2.24) is 5.43 Å². The van der Waals surface area contributed by atoms with E-state index in [-0.39, 0.29) is 6.04 Å². The molecule has 0 saturated heterocycles. The molecule has 1 rings (SSSR count). The average molecular weight is 225 g/mol. The summed E-state index contributed by atoms with van der Waals surface area (Å²) < 4.78 is 0. The predicted molar refractivity (Wildman–Crippen MR) is 65.7 cm³/mol. The number of benzene rings is 1. The molecule has 0 aliphatic rings. The molecule has 0 spiro atoms. The van der Waals surface area contributed by atoms with Crippen LogP contribution in [0.4, 0.5) is 0 Å². The summed E-state index contributed by atoms with van der Waals surface area (Å²) in [5.41, 5.74) is 5.06. The Hall–Kier alpha value is -0.830. The maximum Gasteiger partial charge on any atom is 0.0466 e. The number of rotatable bonds is 5. The van der Waals surface area contributed by atoms with Crippen molar-refractivity contribution in [3.63, 3.8) is 0 Å². The van der Waals surface area contributed by atoms with Crippen molar-refractivity contribution in [2.45, 2.75) is 25.8 Å². The molecule has 0 aliphatic heterocycles. The van der Waals surface area contributed by atoms with E-state index in [1.54, 1.807) is 0 Å². The van der Waals surface area contributed by atoms with Crippen molar-refractivity contribution < 1.29 is 0 Å². The third-order valence-corrected chi connectivity index (χ3v) is 2.96. The van der Waals surface area contributed by atoms with E-state index in [0.717, 1.165) is 29.0 Å². The molecular formula is C12H17ClN2. The van der Waals surface area contributed by atoms with Crippen LogP contribution in [0.1, 0.15) is 30.0 Å². The standard InChI is InChI=1S/C12H17ClN2/c1-3-4-8-12(15-14)10-6-5-7-11(13)9(10)2/h3,5-7,12,15H,1,4,8,14H2,2H3. The molecule has 1 unspecified atom stereocenters. The second-order valence-corrected chi connectivity index (χ2v) is 3.95. The first kappa shape index (κ1) is 12.2. The molecule has 1 atom stereocenters. The number of nitrogens with two attached hydrogens (primary N) is 1. The monoisotopic (exact) mass is 224 g/mol. The molecule has 1 aromatic rings. The minimum atomic E-state index is 0.140. The van der Waals surface area contributed by atoms with Crippen LogP contribution < -0.4 is 11.3 Å². The van der Waals surface area contributed by atoms with E-state index in [0.29, 0.717) is 0 Å². The fourth-order valence-corrected chi connectivity index (χ4v) is 1.80. The third kappa shape index (κ3) is 3.06. The molecule has 0 bridgehead atoms. The van der Waals surface area contributed by atoms with Gasteiger partial charge in [-0.3, -0.25) is 11.3 Å². The van der Waals surface area contributed by atoms with Crippen LogP contribution in [0.15, 0.2) is 30.9 Å². The Morgan fingerprint density at radius 3 is 2.93 bits per heavy atom. The average Bonchev–Trinajstić information content (AvgIpc) is 2.25. The van der Waals surface area contributed by atoms with Crippen LogP contribution in [0.5, 0.6) is 0 Å². The van der Waals surface area contributed by atoms with Gasteiger partial charge in [0.05, 0.1) is 0 Å². The fourth-order valence-electron chi connectivity index (χ4n) is 1.61. The summed E-state index contributed by atoms with van der Waals surface area (Å²) >= 11 is 6.06. The minimum Gasteiger partial charge on any atom is -0.271 e. The zero-order valence-electron chi connectivity index (χ0n) is 8.96. The zero-order chi connectivity index (χ0) is 11.3. The van der Waals surface area contributed by atoms with Gasteiger partial charge in [-0.15, -0.1) is 6.58 Å². The molecule has 1 aromatic carbocycles. The van der Waals surface area contributed by atoms with Crippen molar-refractivity contribution in [2.24, 2.45) is 5.84 Å². The number of nitrogens with one attached hydrogen (secondary N) is 1. The lowest BCUT2D eigenvalue weighted by molar-refractivity contribution is 0.518. The number of hydrogen-bond acceptors (Lipinski definition) is 2. The SMILES string of the molecule is C=CCCC(NN)c1cccc(Cl)c1C. The molecule has 0 amide bonds. The molecule has 0 saturated carbocycles. The summed E-state index contributed by atoms with van der Waals surface area (Å²) in [5.74, 6) is 5.54. The number of hydrazine groups is 1. The van der Waals surface area contributed by atoms with Gasteiger partial charge < -0.3 is 0 Å². The van der Waals surface area contributed by atoms with E-state index >= 15 is 0 Å². The fraction of sp³-hybridized carbons (Fsp3) is 0.333. The lowest BCUT2D eigenvalue weighted by Gasteiger charge is -2.18. The van der Waals surface area contributed by atoms with Gasteiger partial charge in [0.2, 0.25) is 0 Å².